The van der Waals surface area contributed by atoms with Gasteiger partial charge in [0.2, 0.25) is 5.95 Å². The average molecular weight is 331 g/mol. The molecule has 1 aromatic carbocycles. The number of benzene rings is 1. The molecular formula is C15H17N5O4. The molecule has 1 unspecified atom stereocenters. The molecule has 0 bridgehead atoms. The van der Waals surface area contributed by atoms with Crippen molar-refractivity contribution < 1.29 is 19.4 Å². The molecule has 0 fully saturated rings. The van der Waals surface area contributed by atoms with Crippen LogP contribution in [0.4, 0.5) is 5.95 Å². The van der Waals surface area contributed by atoms with Gasteiger partial charge in [0.1, 0.15) is 6.04 Å². The van der Waals surface area contributed by atoms with E-state index in [1.807, 2.05) is 6.92 Å². The van der Waals surface area contributed by atoms with Crippen molar-refractivity contribution in [3.8, 4) is 11.5 Å². The Morgan fingerprint density at radius 2 is 2.25 bits per heavy atom. The number of anilines is 1. The second-order valence-electron chi connectivity index (χ2n) is 5.17. The molecule has 2 aromatic rings. The Morgan fingerprint density at radius 1 is 1.46 bits per heavy atom. The predicted octanol–water partition coefficient (Wildman–Crippen LogP) is 1.24. The van der Waals surface area contributed by atoms with Crippen LogP contribution in [0.15, 0.2) is 29.5 Å². The summed E-state index contributed by atoms with van der Waals surface area (Å²) >= 11 is 0. The van der Waals surface area contributed by atoms with Crippen LogP contribution in [0.3, 0.4) is 0 Å². The first-order valence-corrected chi connectivity index (χ1v) is 7.36. The zero-order valence-electron chi connectivity index (χ0n) is 13.5. The maximum Gasteiger partial charge on any atom is 0.338 e. The Labute approximate surface area is 137 Å². The zero-order valence-corrected chi connectivity index (χ0v) is 13.5. The van der Waals surface area contributed by atoms with Crippen molar-refractivity contribution in [2.75, 3.05) is 19.0 Å². The van der Waals surface area contributed by atoms with E-state index in [4.69, 9.17) is 9.47 Å². The SMILES string of the molecule is CCOc1cc(C2C(C(=O)OC)=C(C)Nc3nnnn32)ccc1O. The van der Waals surface area contributed by atoms with Crippen molar-refractivity contribution in [3.05, 3.63) is 35.0 Å². The van der Waals surface area contributed by atoms with Gasteiger partial charge in [-0.25, -0.2) is 4.79 Å². The number of tetrazole rings is 1. The molecule has 0 spiro atoms. The van der Waals surface area contributed by atoms with Gasteiger partial charge in [-0.05, 0) is 42.0 Å². The average Bonchev–Trinajstić information content (AvgIpc) is 3.03. The van der Waals surface area contributed by atoms with E-state index >= 15 is 0 Å². The summed E-state index contributed by atoms with van der Waals surface area (Å²) in [4.78, 5) is 12.3. The van der Waals surface area contributed by atoms with E-state index in [0.29, 0.717) is 35.1 Å². The number of allylic oxidation sites excluding steroid dienone is 1. The van der Waals surface area contributed by atoms with Gasteiger partial charge in [-0.1, -0.05) is 11.2 Å². The number of esters is 1. The van der Waals surface area contributed by atoms with E-state index in [2.05, 4.69) is 20.8 Å². The number of carbonyl (C=O) groups is 1. The number of phenolic OH excluding ortho intramolecular Hbond substituents is 1. The van der Waals surface area contributed by atoms with Gasteiger partial charge >= 0.3 is 5.97 Å². The van der Waals surface area contributed by atoms with Crippen LogP contribution < -0.4 is 10.1 Å². The summed E-state index contributed by atoms with van der Waals surface area (Å²) in [5, 5.41) is 24.4. The van der Waals surface area contributed by atoms with E-state index < -0.39 is 12.0 Å². The van der Waals surface area contributed by atoms with Gasteiger partial charge in [-0.3, -0.25) is 0 Å². The Hall–Kier alpha value is -3.10. The molecule has 9 heteroatoms. The van der Waals surface area contributed by atoms with Crippen LogP contribution >= 0.6 is 0 Å². The van der Waals surface area contributed by atoms with Crippen molar-refractivity contribution in [1.82, 2.24) is 20.2 Å². The van der Waals surface area contributed by atoms with Gasteiger partial charge in [0.25, 0.3) is 0 Å². The first-order valence-electron chi connectivity index (χ1n) is 7.36. The summed E-state index contributed by atoms with van der Waals surface area (Å²) in [7, 11) is 1.32. The maximum atomic E-state index is 12.3. The normalized spacial score (nSPS) is 16.4. The Kier molecular flexibility index (Phi) is 4.07. The van der Waals surface area contributed by atoms with Crippen LogP contribution in [0.2, 0.25) is 0 Å². The molecule has 0 saturated heterocycles. The van der Waals surface area contributed by atoms with E-state index in [-0.39, 0.29) is 5.75 Å². The number of aromatic hydroxyl groups is 1. The fraction of sp³-hybridized carbons (Fsp3) is 0.333. The number of methoxy groups -OCH3 is 1. The molecule has 9 nitrogen and oxygen atoms in total. The second kappa shape index (κ2) is 6.19. The maximum absolute atomic E-state index is 12.3. The van der Waals surface area contributed by atoms with E-state index in [0.717, 1.165) is 0 Å². The highest BCUT2D eigenvalue weighted by molar-refractivity contribution is 5.92. The molecule has 2 heterocycles. The molecule has 24 heavy (non-hydrogen) atoms. The third-order valence-electron chi connectivity index (χ3n) is 3.72. The minimum absolute atomic E-state index is 0.0202. The highest BCUT2D eigenvalue weighted by Gasteiger charge is 2.35. The van der Waals surface area contributed by atoms with Crippen LogP contribution in [0.5, 0.6) is 11.5 Å². The third kappa shape index (κ3) is 2.53. The monoisotopic (exact) mass is 331 g/mol. The highest BCUT2D eigenvalue weighted by atomic mass is 16.5. The first-order chi connectivity index (χ1) is 11.6. The van der Waals surface area contributed by atoms with Crippen molar-refractivity contribution in [1.29, 1.82) is 0 Å². The summed E-state index contributed by atoms with van der Waals surface area (Å²) in [6.45, 7) is 3.97. The van der Waals surface area contributed by atoms with E-state index in [1.165, 1.54) is 17.9 Å². The number of fused-ring (bicyclic) bond motifs is 1. The molecular weight excluding hydrogens is 314 g/mol. The number of phenols is 1. The van der Waals surface area contributed by atoms with Crippen LogP contribution in [-0.4, -0.2) is 45.0 Å². The molecule has 0 aliphatic carbocycles. The van der Waals surface area contributed by atoms with Crippen molar-refractivity contribution in [2.24, 2.45) is 0 Å². The van der Waals surface area contributed by atoms with Crippen molar-refractivity contribution in [3.63, 3.8) is 0 Å². The molecule has 2 N–H and O–H groups in total. The number of nitrogens with one attached hydrogen (secondary N) is 1. The summed E-state index contributed by atoms with van der Waals surface area (Å²) in [5.41, 5.74) is 1.66. The number of carbonyl (C=O) groups excluding carboxylic acids is 1. The van der Waals surface area contributed by atoms with Crippen molar-refractivity contribution in [2.45, 2.75) is 19.9 Å². The number of aromatic nitrogens is 4. The van der Waals surface area contributed by atoms with Gasteiger partial charge in [-0.15, -0.1) is 0 Å². The molecule has 0 saturated carbocycles. The largest absolute Gasteiger partial charge is 0.504 e. The standard InChI is InChI=1S/C15H17N5O4/c1-4-24-11-7-9(5-6-10(11)21)13-12(14(22)23-3)8(2)16-15-17-18-19-20(13)15/h5-7,13,21H,4H2,1-3H3,(H,16,17,19). The number of hydrogen-bond acceptors (Lipinski definition) is 8. The van der Waals surface area contributed by atoms with Crippen LogP contribution in [-0.2, 0) is 9.53 Å². The second-order valence-corrected chi connectivity index (χ2v) is 5.17. The van der Waals surface area contributed by atoms with Gasteiger partial charge in [-0.2, -0.15) is 4.68 Å². The number of ether oxygens (including phenoxy) is 2. The van der Waals surface area contributed by atoms with Crippen molar-refractivity contribution >= 4 is 11.9 Å². The van der Waals surface area contributed by atoms with Gasteiger partial charge < -0.3 is 19.9 Å². The fourth-order valence-corrected chi connectivity index (χ4v) is 2.67. The number of rotatable bonds is 4. The van der Waals surface area contributed by atoms with E-state index in [1.54, 1.807) is 19.1 Å². The van der Waals surface area contributed by atoms with Gasteiger partial charge in [0.05, 0.1) is 19.3 Å². The lowest BCUT2D eigenvalue weighted by Crippen LogP contribution is -2.29. The Balaban J connectivity index is 2.16. The lowest BCUT2D eigenvalue weighted by Gasteiger charge is -2.27. The van der Waals surface area contributed by atoms with Crippen LogP contribution in [0, 0.1) is 0 Å². The highest BCUT2D eigenvalue weighted by Crippen LogP contribution is 2.38. The smallest absolute Gasteiger partial charge is 0.338 e. The molecule has 1 atom stereocenters. The van der Waals surface area contributed by atoms with E-state index in [9.17, 15) is 9.90 Å². The number of nitrogens with zero attached hydrogens (tertiary/aromatic N) is 4. The summed E-state index contributed by atoms with van der Waals surface area (Å²) < 4.78 is 11.8. The molecule has 0 radical (unpaired) electrons. The molecule has 3 rings (SSSR count). The quantitative estimate of drug-likeness (QED) is 0.805. The summed E-state index contributed by atoms with van der Waals surface area (Å²) in [6.07, 6.45) is 0. The fourth-order valence-electron chi connectivity index (χ4n) is 2.67. The van der Waals surface area contributed by atoms with Crippen LogP contribution in [0.1, 0.15) is 25.5 Å². The topological polar surface area (TPSA) is 111 Å². The van der Waals surface area contributed by atoms with Gasteiger partial charge in [0, 0.05) is 5.70 Å². The Morgan fingerprint density at radius 3 is 2.96 bits per heavy atom. The number of hydrogen-bond donors (Lipinski definition) is 2. The molecule has 1 aliphatic heterocycles. The summed E-state index contributed by atoms with van der Waals surface area (Å²) in [5.74, 6) is 0.269. The minimum Gasteiger partial charge on any atom is -0.504 e. The minimum atomic E-state index is -0.594. The third-order valence-corrected chi connectivity index (χ3v) is 3.72. The molecule has 1 aromatic heterocycles. The lowest BCUT2D eigenvalue weighted by atomic mass is 9.95. The molecule has 126 valence electrons. The first kappa shape index (κ1) is 15.8. The molecule has 1 aliphatic rings. The Bertz CT molecular complexity index is 814. The predicted molar refractivity (Wildman–Crippen MR) is 83.6 cm³/mol. The van der Waals surface area contributed by atoms with Crippen LogP contribution in [0.25, 0.3) is 0 Å². The zero-order chi connectivity index (χ0) is 17.3. The summed E-state index contributed by atoms with van der Waals surface area (Å²) in [6, 6.07) is 4.27. The van der Waals surface area contributed by atoms with Gasteiger partial charge in [0.15, 0.2) is 11.5 Å². The molecule has 0 amide bonds. The lowest BCUT2D eigenvalue weighted by molar-refractivity contribution is -0.136.